The Morgan fingerprint density at radius 2 is 1.62 bits per heavy atom. The number of rotatable bonds is 11. The van der Waals surface area contributed by atoms with Gasteiger partial charge in [0.05, 0.1) is 0 Å². The predicted molar refractivity (Wildman–Crippen MR) is 106 cm³/mol. The van der Waals surface area contributed by atoms with E-state index < -0.39 is 44.7 Å². The first-order valence-corrected chi connectivity index (χ1v) is 12.8. The molecular formula is C20H25F8NO2Si. The quantitative estimate of drug-likeness (QED) is 0.254. The summed E-state index contributed by atoms with van der Waals surface area (Å²) in [6.07, 6.45) is -10.6. The van der Waals surface area contributed by atoms with E-state index in [1.807, 2.05) is 34.9 Å². The number of amides is 1. The van der Waals surface area contributed by atoms with E-state index in [1.54, 1.807) is 5.32 Å². The fraction of sp³-hybridized carbons (Fsp3) is 0.550. The topological polar surface area (TPSA) is 38.3 Å². The molecule has 1 aromatic carbocycles. The third-order valence-corrected chi connectivity index (χ3v) is 7.95. The Balaban J connectivity index is 2.57. The number of carbonyl (C=O) groups excluding carboxylic acids is 1. The van der Waals surface area contributed by atoms with E-state index >= 15 is 0 Å². The predicted octanol–water partition coefficient (Wildman–Crippen LogP) is 5.46. The molecule has 1 amide bonds. The summed E-state index contributed by atoms with van der Waals surface area (Å²) >= 11 is 0. The number of halogens is 8. The normalized spacial score (nSPS) is 15.7. The molecule has 182 valence electrons. The van der Waals surface area contributed by atoms with Gasteiger partial charge >= 0.3 is 18.2 Å². The summed E-state index contributed by atoms with van der Waals surface area (Å²) in [5.41, 5.74) is 2.98. The summed E-state index contributed by atoms with van der Waals surface area (Å²) < 4.78 is 102. The number of alkyl halides is 7. The molecule has 0 heterocycles. The molecule has 3 nitrogen and oxygen atoms in total. The molecule has 0 aromatic heterocycles. The van der Waals surface area contributed by atoms with Crippen LogP contribution in [-0.2, 0) is 16.2 Å². The third kappa shape index (κ3) is 7.02. The molecule has 0 saturated heterocycles. The van der Waals surface area contributed by atoms with E-state index in [0.717, 1.165) is 5.56 Å². The summed E-state index contributed by atoms with van der Waals surface area (Å²) in [7, 11) is -1.67. The van der Waals surface area contributed by atoms with Gasteiger partial charge in [-0.3, -0.25) is 4.79 Å². The third-order valence-electron chi connectivity index (χ3n) is 5.11. The lowest BCUT2D eigenvalue weighted by atomic mass is 9.97. The molecule has 2 unspecified atom stereocenters. The maximum Gasteiger partial charge on any atom is 0.452 e. The van der Waals surface area contributed by atoms with Crippen molar-refractivity contribution in [2.45, 2.75) is 57.0 Å². The van der Waals surface area contributed by atoms with Gasteiger partial charge in [-0.25, -0.2) is 0 Å². The molecule has 1 N–H and O–H groups in total. The van der Waals surface area contributed by atoms with E-state index in [2.05, 4.69) is 19.7 Å². The van der Waals surface area contributed by atoms with Crippen molar-refractivity contribution in [2.75, 3.05) is 6.54 Å². The zero-order valence-corrected chi connectivity index (χ0v) is 18.5. The Kier molecular flexibility index (Phi) is 9.46. The van der Waals surface area contributed by atoms with Crippen LogP contribution in [0.3, 0.4) is 0 Å². The van der Waals surface area contributed by atoms with Crippen LogP contribution in [0.1, 0.15) is 24.8 Å². The number of hydrogen-bond acceptors (Lipinski definition) is 2. The van der Waals surface area contributed by atoms with Crippen LogP contribution < -0.4 is 10.5 Å². The Bertz CT molecular complexity index is 764. The van der Waals surface area contributed by atoms with Crippen molar-refractivity contribution in [1.29, 1.82) is 0 Å². The minimum absolute atomic E-state index is 0.132. The molecule has 1 rings (SSSR count). The van der Waals surface area contributed by atoms with Crippen molar-refractivity contribution in [3.63, 3.8) is 0 Å². The number of aryl methyl sites for hydroxylation is 1. The van der Waals surface area contributed by atoms with Gasteiger partial charge in [-0.05, 0) is 29.4 Å². The summed E-state index contributed by atoms with van der Waals surface area (Å²) in [6.45, 7) is 7.70. The minimum atomic E-state index is -6.42. The molecule has 0 spiro atoms. The van der Waals surface area contributed by atoms with E-state index in [4.69, 9.17) is 0 Å². The molecule has 0 radical (unpaired) electrons. The fourth-order valence-electron chi connectivity index (χ4n) is 2.94. The van der Waals surface area contributed by atoms with Crippen LogP contribution in [0.25, 0.3) is 0 Å². The SMILES string of the molecule is C=C[Si](C)(C)c1ccc(CCCCCNC(=O)C(C(F)(F)F)C(F)(OF)C(F)(F)F)cc1. The molecule has 0 bridgehead atoms. The average molecular weight is 491 g/mol. The first-order valence-electron chi connectivity index (χ1n) is 9.73. The summed E-state index contributed by atoms with van der Waals surface area (Å²) in [5, 5.41) is 2.79. The lowest BCUT2D eigenvalue weighted by molar-refractivity contribution is -0.435. The standard InChI is InChI=1S/C20H25F8NO2Si/c1-4-32(2,3)15-11-9-14(10-12-15)8-6-5-7-13-29-17(30)16(19(22,23)24)18(21,31-28)20(25,26)27/h4,9-12,16H,1,5-8,13H2,2-3H3,(H,29,30). The van der Waals surface area contributed by atoms with E-state index in [-0.39, 0.29) is 6.42 Å². The fourth-order valence-corrected chi connectivity index (χ4v) is 4.20. The zero-order chi connectivity index (χ0) is 24.8. The van der Waals surface area contributed by atoms with Crippen molar-refractivity contribution >= 4 is 19.2 Å². The second-order valence-electron chi connectivity index (χ2n) is 7.92. The van der Waals surface area contributed by atoms with E-state index in [1.165, 1.54) is 5.19 Å². The zero-order valence-electron chi connectivity index (χ0n) is 17.5. The summed E-state index contributed by atoms with van der Waals surface area (Å²) in [6, 6.07) is 7.94. The molecule has 0 aliphatic carbocycles. The van der Waals surface area contributed by atoms with Gasteiger partial charge < -0.3 is 5.32 Å². The van der Waals surface area contributed by atoms with Crippen LogP contribution in [0.15, 0.2) is 36.5 Å². The lowest BCUT2D eigenvalue weighted by Crippen LogP contribution is -2.59. The Labute approximate surface area is 181 Å². The Hall–Kier alpha value is -1.95. The maximum absolute atomic E-state index is 13.7. The monoisotopic (exact) mass is 491 g/mol. The molecule has 0 fully saturated rings. The Morgan fingerprint density at radius 3 is 2.06 bits per heavy atom. The van der Waals surface area contributed by atoms with E-state index in [0.29, 0.717) is 19.3 Å². The van der Waals surface area contributed by atoms with Gasteiger partial charge in [0.2, 0.25) is 11.8 Å². The van der Waals surface area contributed by atoms with Gasteiger partial charge in [0.15, 0.2) is 0 Å². The number of unbranched alkanes of at least 4 members (excludes halogenated alkanes) is 2. The van der Waals surface area contributed by atoms with Crippen LogP contribution in [0, 0.1) is 5.92 Å². The van der Waals surface area contributed by atoms with Crippen LogP contribution in [0.4, 0.5) is 35.3 Å². The van der Waals surface area contributed by atoms with Gasteiger partial charge in [0.25, 0.3) is 0 Å². The second-order valence-corrected chi connectivity index (χ2v) is 12.3. The van der Waals surface area contributed by atoms with Crippen molar-refractivity contribution in [2.24, 2.45) is 5.92 Å². The maximum atomic E-state index is 13.7. The Morgan fingerprint density at radius 1 is 1.06 bits per heavy atom. The molecule has 32 heavy (non-hydrogen) atoms. The highest BCUT2D eigenvalue weighted by Gasteiger charge is 2.73. The van der Waals surface area contributed by atoms with Gasteiger partial charge in [-0.2, -0.15) is 30.7 Å². The summed E-state index contributed by atoms with van der Waals surface area (Å²) in [5.74, 6) is -12.6. The smallest absolute Gasteiger partial charge is 0.355 e. The number of nitrogens with one attached hydrogen (secondary N) is 1. The van der Waals surface area contributed by atoms with Gasteiger partial charge in [-0.15, -0.1) is 11.5 Å². The molecule has 2 atom stereocenters. The molecule has 0 aliphatic heterocycles. The lowest BCUT2D eigenvalue weighted by Gasteiger charge is -2.31. The van der Waals surface area contributed by atoms with Crippen LogP contribution in [-0.4, -0.2) is 38.7 Å². The van der Waals surface area contributed by atoms with Crippen molar-refractivity contribution in [3.05, 3.63) is 42.1 Å². The largest absolute Gasteiger partial charge is 0.452 e. The highest BCUT2D eigenvalue weighted by atomic mass is 28.3. The number of hydrogen-bond donors (Lipinski definition) is 1. The van der Waals surface area contributed by atoms with Crippen LogP contribution in [0.2, 0.25) is 13.1 Å². The van der Waals surface area contributed by atoms with E-state index in [9.17, 15) is 40.1 Å². The summed E-state index contributed by atoms with van der Waals surface area (Å²) in [4.78, 5) is 13.6. The second kappa shape index (κ2) is 10.8. The molecule has 0 saturated carbocycles. The first kappa shape index (κ1) is 28.1. The van der Waals surface area contributed by atoms with Gasteiger partial charge in [0.1, 0.15) is 8.07 Å². The molecule has 0 aliphatic rings. The highest BCUT2D eigenvalue weighted by Crippen LogP contribution is 2.47. The first-order chi connectivity index (χ1) is 14.6. The average Bonchev–Trinajstić information content (AvgIpc) is 2.68. The number of carbonyl (C=O) groups is 1. The number of benzene rings is 1. The highest BCUT2D eigenvalue weighted by molar-refractivity contribution is 6.93. The van der Waals surface area contributed by atoms with Crippen molar-refractivity contribution < 1.29 is 45.0 Å². The minimum Gasteiger partial charge on any atom is -0.355 e. The van der Waals surface area contributed by atoms with Crippen molar-refractivity contribution in [3.8, 4) is 0 Å². The van der Waals surface area contributed by atoms with Gasteiger partial charge in [-0.1, -0.05) is 54.7 Å². The van der Waals surface area contributed by atoms with Gasteiger partial charge in [0, 0.05) is 6.54 Å². The van der Waals surface area contributed by atoms with Crippen LogP contribution >= 0.6 is 0 Å². The molecule has 12 heteroatoms. The molecule has 1 aromatic rings. The van der Waals surface area contributed by atoms with Crippen LogP contribution in [0.5, 0.6) is 0 Å². The molecular weight excluding hydrogens is 466 g/mol. The van der Waals surface area contributed by atoms with Crippen molar-refractivity contribution in [1.82, 2.24) is 5.32 Å².